The third-order valence-corrected chi connectivity index (χ3v) is 4.98. The molecule has 0 saturated heterocycles. The van der Waals surface area contributed by atoms with Crippen molar-refractivity contribution in [2.24, 2.45) is 5.41 Å². The first-order valence-electron chi connectivity index (χ1n) is 7.65. The molecule has 1 rings (SSSR count). The van der Waals surface area contributed by atoms with Crippen molar-refractivity contribution in [3.05, 3.63) is 28.2 Å². The Labute approximate surface area is 145 Å². The Balaban J connectivity index is 2.80. The molecule has 6 heteroatoms. The minimum absolute atomic E-state index is 0.0169. The average Bonchev–Trinajstić information content (AvgIpc) is 2.52. The lowest BCUT2D eigenvalue weighted by Crippen LogP contribution is -2.37. The van der Waals surface area contributed by atoms with Gasteiger partial charge in [0.2, 0.25) is 5.91 Å². The number of benzene rings is 1. The second-order valence-electron chi connectivity index (χ2n) is 5.65. The number of carboxylic acids is 1. The van der Waals surface area contributed by atoms with Crippen molar-refractivity contribution in [3.8, 4) is 5.75 Å². The lowest BCUT2D eigenvalue weighted by Gasteiger charge is -2.27. The van der Waals surface area contributed by atoms with E-state index in [2.05, 4.69) is 21.2 Å². The van der Waals surface area contributed by atoms with Gasteiger partial charge in [0.1, 0.15) is 5.75 Å². The van der Waals surface area contributed by atoms with Crippen LogP contribution in [0.5, 0.6) is 5.75 Å². The van der Waals surface area contributed by atoms with Crippen LogP contribution in [0.1, 0.15) is 51.6 Å². The largest absolute Gasteiger partial charge is 0.496 e. The van der Waals surface area contributed by atoms with Gasteiger partial charge in [-0.15, -0.1) is 0 Å². The summed E-state index contributed by atoms with van der Waals surface area (Å²) in [4.78, 5) is 23.8. The number of nitrogens with one attached hydrogen (secondary N) is 1. The zero-order chi connectivity index (χ0) is 17.6. The average molecular weight is 386 g/mol. The van der Waals surface area contributed by atoms with E-state index in [1.807, 2.05) is 25.1 Å². The monoisotopic (exact) mass is 385 g/mol. The van der Waals surface area contributed by atoms with Crippen LogP contribution in [-0.2, 0) is 9.59 Å². The maximum atomic E-state index is 12.3. The Bertz CT molecular complexity index is 570. The summed E-state index contributed by atoms with van der Waals surface area (Å²) < 4.78 is 5.99. The van der Waals surface area contributed by atoms with E-state index >= 15 is 0 Å². The van der Waals surface area contributed by atoms with Crippen molar-refractivity contribution in [1.29, 1.82) is 0 Å². The van der Waals surface area contributed by atoms with Crippen LogP contribution in [0.3, 0.4) is 0 Å². The number of hydrogen-bond donors (Lipinski definition) is 2. The first kappa shape index (κ1) is 19.5. The topological polar surface area (TPSA) is 75.6 Å². The highest BCUT2D eigenvalue weighted by atomic mass is 79.9. The SMILES string of the molecule is CCC(CC)(CC(=O)NC(C)c1ccc(OC)c(Br)c1)C(=O)O. The van der Waals surface area contributed by atoms with Gasteiger partial charge >= 0.3 is 5.97 Å². The smallest absolute Gasteiger partial charge is 0.310 e. The van der Waals surface area contributed by atoms with Gasteiger partial charge in [0, 0.05) is 6.42 Å². The Morgan fingerprint density at radius 1 is 1.35 bits per heavy atom. The molecule has 0 fully saturated rings. The van der Waals surface area contributed by atoms with Crippen LogP contribution in [0.2, 0.25) is 0 Å². The number of carbonyl (C=O) groups is 2. The van der Waals surface area contributed by atoms with E-state index < -0.39 is 11.4 Å². The highest BCUT2D eigenvalue weighted by molar-refractivity contribution is 9.10. The quantitative estimate of drug-likeness (QED) is 0.710. The van der Waals surface area contributed by atoms with Crippen LogP contribution in [0.4, 0.5) is 0 Å². The Morgan fingerprint density at radius 2 is 1.96 bits per heavy atom. The second kappa shape index (κ2) is 8.34. The molecule has 0 bridgehead atoms. The lowest BCUT2D eigenvalue weighted by molar-refractivity contribution is -0.152. The van der Waals surface area contributed by atoms with Crippen molar-refractivity contribution in [1.82, 2.24) is 5.32 Å². The molecule has 0 saturated carbocycles. The molecule has 0 aromatic heterocycles. The molecule has 1 amide bonds. The third-order valence-electron chi connectivity index (χ3n) is 4.36. The molecule has 2 N–H and O–H groups in total. The van der Waals surface area contributed by atoms with Crippen LogP contribution in [-0.4, -0.2) is 24.1 Å². The number of ether oxygens (including phenoxy) is 1. The molecule has 5 nitrogen and oxygen atoms in total. The fourth-order valence-corrected chi connectivity index (χ4v) is 3.07. The Morgan fingerprint density at radius 3 is 2.39 bits per heavy atom. The number of methoxy groups -OCH3 is 1. The number of carbonyl (C=O) groups excluding carboxylic acids is 1. The minimum Gasteiger partial charge on any atom is -0.496 e. The summed E-state index contributed by atoms with van der Waals surface area (Å²) >= 11 is 3.42. The number of amides is 1. The molecule has 1 atom stereocenters. The van der Waals surface area contributed by atoms with Crippen LogP contribution in [0, 0.1) is 5.41 Å². The van der Waals surface area contributed by atoms with Gasteiger partial charge in [-0.05, 0) is 53.4 Å². The van der Waals surface area contributed by atoms with Gasteiger partial charge in [0.05, 0.1) is 23.0 Å². The minimum atomic E-state index is -0.996. The summed E-state index contributed by atoms with van der Waals surface area (Å²) in [6.07, 6.45) is 0.834. The van der Waals surface area contributed by atoms with Crippen LogP contribution in [0.15, 0.2) is 22.7 Å². The summed E-state index contributed by atoms with van der Waals surface area (Å²) in [5, 5.41) is 12.3. The van der Waals surface area contributed by atoms with Crippen molar-refractivity contribution in [3.63, 3.8) is 0 Å². The molecule has 1 aromatic rings. The highest BCUT2D eigenvalue weighted by Crippen LogP contribution is 2.32. The van der Waals surface area contributed by atoms with Gasteiger partial charge in [-0.25, -0.2) is 0 Å². The first-order valence-corrected chi connectivity index (χ1v) is 8.45. The highest BCUT2D eigenvalue weighted by Gasteiger charge is 2.37. The zero-order valence-electron chi connectivity index (χ0n) is 14.0. The van der Waals surface area contributed by atoms with Crippen molar-refractivity contribution in [2.75, 3.05) is 7.11 Å². The summed E-state index contributed by atoms with van der Waals surface area (Å²) in [6.45, 7) is 5.47. The molecule has 0 spiro atoms. The number of carboxylic acid groups (broad SMARTS) is 1. The van der Waals surface area contributed by atoms with Gasteiger partial charge < -0.3 is 15.2 Å². The predicted molar refractivity (Wildman–Crippen MR) is 92.5 cm³/mol. The molecular weight excluding hydrogens is 362 g/mol. The van der Waals surface area contributed by atoms with Crippen LogP contribution in [0.25, 0.3) is 0 Å². The molecule has 128 valence electrons. The van der Waals surface area contributed by atoms with Gasteiger partial charge in [-0.3, -0.25) is 9.59 Å². The molecular formula is C17H24BrNO4. The van der Waals surface area contributed by atoms with Gasteiger partial charge in [0.25, 0.3) is 0 Å². The van der Waals surface area contributed by atoms with E-state index in [9.17, 15) is 14.7 Å². The number of aliphatic carboxylic acids is 1. The standard InChI is InChI=1S/C17H24BrNO4/c1-5-17(6-2,16(21)22)10-15(20)19-11(3)12-7-8-14(23-4)13(18)9-12/h7-9,11H,5-6,10H2,1-4H3,(H,19,20)(H,21,22). The molecule has 0 heterocycles. The van der Waals surface area contributed by atoms with Crippen molar-refractivity contribution >= 4 is 27.8 Å². The van der Waals surface area contributed by atoms with E-state index in [0.717, 1.165) is 10.0 Å². The summed E-state index contributed by atoms with van der Waals surface area (Å²) in [6, 6.07) is 5.36. The van der Waals surface area contributed by atoms with Gasteiger partial charge in [0.15, 0.2) is 0 Å². The van der Waals surface area contributed by atoms with E-state index in [0.29, 0.717) is 18.6 Å². The van der Waals surface area contributed by atoms with E-state index in [-0.39, 0.29) is 18.4 Å². The molecule has 0 radical (unpaired) electrons. The summed E-state index contributed by atoms with van der Waals surface area (Å²) in [5.74, 6) is -0.456. The van der Waals surface area contributed by atoms with Crippen LogP contribution < -0.4 is 10.1 Å². The summed E-state index contributed by atoms with van der Waals surface area (Å²) in [7, 11) is 1.59. The molecule has 0 aliphatic carbocycles. The fraction of sp³-hybridized carbons (Fsp3) is 0.529. The van der Waals surface area contributed by atoms with Gasteiger partial charge in [-0.2, -0.15) is 0 Å². The van der Waals surface area contributed by atoms with Gasteiger partial charge in [-0.1, -0.05) is 19.9 Å². The zero-order valence-corrected chi connectivity index (χ0v) is 15.6. The molecule has 0 aliphatic rings. The summed E-state index contributed by atoms with van der Waals surface area (Å²) in [5.41, 5.74) is -0.0791. The number of hydrogen-bond acceptors (Lipinski definition) is 3. The second-order valence-corrected chi connectivity index (χ2v) is 6.51. The molecule has 1 unspecified atom stereocenters. The Hall–Kier alpha value is -1.56. The van der Waals surface area contributed by atoms with E-state index in [4.69, 9.17) is 4.74 Å². The Kier molecular flexibility index (Phi) is 7.06. The van der Waals surface area contributed by atoms with E-state index in [1.54, 1.807) is 21.0 Å². The maximum Gasteiger partial charge on any atom is 0.310 e. The number of halogens is 1. The van der Waals surface area contributed by atoms with Crippen molar-refractivity contribution < 1.29 is 19.4 Å². The molecule has 23 heavy (non-hydrogen) atoms. The van der Waals surface area contributed by atoms with Crippen LogP contribution >= 0.6 is 15.9 Å². The molecule has 0 aliphatic heterocycles. The maximum absolute atomic E-state index is 12.3. The van der Waals surface area contributed by atoms with Crippen molar-refractivity contribution in [2.45, 2.75) is 46.1 Å². The molecule has 1 aromatic carbocycles. The fourth-order valence-electron chi connectivity index (χ4n) is 2.51. The third kappa shape index (κ3) is 4.70. The van der Waals surface area contributed by atoms with E-state index in [1.165, 1.54) is 0 Å². The number of rotatable bonds is 8. The lowest BCUT2D eigenvalue weighted by atomic mass is 9.79. The normalized spacial score (nSPS) is 12.6. The first-order chi connectivity index (χ1) is 10.8. The predicted octanol–water partition coefficient (Wildman–Crippen LogP) is 3.92.